The molecule has 4 aliphatic carbocycles. The Morgan fingerprint density at radius 1 is 0.622 bits per heavy atom. The lowest BCUT2D eigenvalue weighted by Crippen LogP contribution is -2.32. The molecule has 6 aromatic heterocycles. The molecule has 6 heterocycles. The molecule has 4 saturated carbocycles. The normalized spacial score (nSPS) is 15.6. The standard InChI is InChI=1S/C27H29N7O4S.C19H20ClN5O3S.C8H9BrN2O.CH4.B/c1-4-39(36,37)18-9-5-16(6-10-18)13-28-23-26(35)34(27(2)11-12-27)24-19(32-23)14-29-22(33-24)20-21(17-7-8-17)30-15-31-25(20)38-3;1-3-29(27,28)13-6-4-12(5-7-13)10-21-15-17(26)25(19(2)8-9-19)16-14(23-15)11-22-18(20)24-16;1-12-8-6(9)7(5-2-3-5)10-4-11-8;;/h5-6,9-10,14-15,17H,4,7-8,11-13H2,1-3H3,(H,28,32);4-7,11H,3,8-10H2,1-2H3,(H,21,23);4-5H,2-3H2,1H3;1H4;. The lowest BCUT2D eigenvalue weighted by molar-refractivity contribution is 0.392. The van der Waals surface area contributed by atoms with Crippen molar-refractivity contribution >= 4 is 89.6 Å². The number of methoxy groups -OCH3 is 2. The number of hydrogen-bond donors (Lipinski definition) is 2. The Kier molecular flexibility index (Phi) is 18.2. The van der Waals surface area contributed by atoms with E-state index in [0.717, 1.165) is 65.5 Å². The van der Waals surface area contributed by atoms with Gasteiger partial charge < -0.3 is 20.1 Å². The molecule has 429 valence electrons. The van der Waals surface area contributed by atoms with E-state index in [1.165, 1.54) is 25.4 Å². The fourth-order valence-corrected chi connectivity index (χ4v) is 11.6. The highest BCUT2D eigenvalue weighted by atomic mass is 79.9. The van der Waals surface area contributed by atoms with Gasteiger partial charge in [0.15, 0.2) is 48.4 Å². The number of nitrogens with one attached hydrogen (secondary N) is 2. The van der Waals surface area contributed by atoms with E-state index < -0.39 is 19.7 Å². The van der Waals surface area contributed by atoms with Crippen molar-refractivity contribution in [3.63, 3.8) is 0 Å². The summed E-state index contributed by atoms with van der Waals surface area (Å²) in [7, 11) is -3.35. The van der Waals surface area contributed by atoms with Crippen molar-refractivity contribution in [3.05, 3.63) is 127 Å². The molecule has 0 aliphatic heterocycles. The topological polar surface area (TPSA) is 284 Å². The van der Waals surface area contributed by atoms with E-state index in [2.05, 4.69) is 71.4 Å². The van der Waals surface area contributed by atoms with Crippen molar-refractivity contribution in [3.8, 4) is 23.1 Å². The summed E-state index contributed by atoms with van der Waals surface area (Å²) in [5.41, 5.74) is 4.90. The molecule has 8 aromatic rings. The lowest BCUT2D eigenvalue weighted by Gasteiger charge is -2.18. The molecule has 4 aliphatic rings. The third-order valence-electron chi connectivity index (χ3n) is 14.6. The van der Waals surface area contributed by atoms with Crippen molar-refractivity contribution in [2.45, 2.75) is 132 Å². The fourth-order valence-electron chi connectivity index (χ4n) is 9.00. The molecule has 22 nitrogen and oxygen atoms in total. The maximum Gasteiger partial charge on any atom is 0.295 e. The van der Waals surface area contributed by atoms with Crippen molar-refractivity contribution in [1.29, 1.82) is 0 Å². The van der Waals surface area contributed by atoms with Gasteiger partial charge >= 0.3 is 0 Å². The third kappa shape index (κ3) is 12.9. The summed E-state index contributed by atoms with van der Waals surface area (Å²) >= 11 is 9.36. The highest BCUT2D eigenvalue weighted by Crippen LogP contribution is 2.47. The van der Waals surface area contributed by atoms with Crippen LogP contribution in [0.4, 0.5) is 11.6 Å². The van der Waals surface area contributed by atoms with Crippen LogP contribution in [0, 0.1) is 0 Å². The highest BCUT2D eigenvalue weighted by Gasteiger charge is 2.44. The Labute approximate surface area is 490 Å². The number of nitrogens with zero attached hydrogens (tertiary/aromatic N) is 12. The van der Waals surface area contributed by atoms with Crippen LogP contribution in [-0.4, -0.2) is 110 Å². The second-order valence-corrected chi connectivity index (χ2v) is 26.2. The zero-order valence-corrected chi connectivity index (χ0v) is 49.3. The van der Waals surface area contributed by atoms with E-state index in [-0.39, 0.29) is 76.3 Å². The van der Waals surface area contributed by atoms with Gasteiger partial charge in [0.1, 0.15) is 33.7 Å². The van der Waals surface area contributed by atoms with Crippen LogP contribution in [0.2, 0.25) is 5.28 Å². The first-order chi connectivity index (χ1) is 38.3. The molecule has 0 unspecified atom stereocenters. The minimum absolute atomic E-state index is 0. The predicted octanol–water partition coefficient (Wildman–Crippen LogP) is 8.58. The van der Waals surface area contributed by atoms with Gasteiger partial charge in [-0.1, -0.05) is 45.5 Å². The number of hydrogen-bond acceptors (Lipinski definition) is 20. The van der Waals surface area contributed by atoms with Gasteiger partial charge in [0.2, 0.25) is 17.0 Å². The van der Waals surface area contributed by atoms with E-state index in [4.69, 9.17) is 26.1 Å². The third-order valence-corrected chi connectivity index (χ3v) is 19.0. The van der Waals surface area contributed by atoms with Crippen LogP contribution in [0.5, 0.6) is 11.8 Å². The monoisotopic (exact) mass is 1240 g/mol. The summed E-state index contributed by atoms with van der Waals surface area (Å²) in [5.74, 6) is 2.86. The van der Waals surface area contributed by atoms with E-state index in [1.54, 1.807) is 98.3 Å². The quantitative estimate of drug-likeness (QED) is 0.0637. The fraction of sp³-hybridized carbons (Fsp3) is 0.418. The van der Waals surface area contributed by atoms with Gasteiger partial charge in [-0.05, 0) is 128 Å². The second-order valence-electron chi connectivity index (χ2n) is 20.5. The highest BCUT2D eigenvalue weighted by molar-refractivity contribution is 9.10. The average Bonchev–Trinajstić information content (AvgIpc) is 4.24. The van der Waals surface area contributed by atoms with Crippen molar-refractivity contribution < 1.29 is 26.3 Å². The Hall–Kier alpha value is -7.03. The molecular weight excluding hydrogens is 1170 g/mol. The summed E-state index contributed by atoms with van der Waals surface area (Å²) in [6, 6.07) is 13.2. The molecule has 2 aromatic carbocycles. The van der Waals surface area contributed by atoms with Crippen LogP contribution >= 0.6 is 27.5 Å². The maximum atomic E-state index is 13.7. The number of benzene rings is 2. The molecule has 27 heteroatoms. The molecule has 4 fully saturated rings. The number of anilines is 2. The van der Waals surface area contributed by atoms with Gasteiger partial charge in [0.25, 0.3) is 11.1 Å². The molecule has 12 rings (SSSR count). The van der Waals surface area contributed by atoms with Gasteiger partial charge in [0, 0.05) is 44.4 Å². The summed E-state index contributed by atoms with van der Waals surface area (Å²) in [5, 5.41) is 6.28. The molecule has 2 N–H and O–H groups in total. The number of rotatable bonds is 17. The van der Waals surface area contributed by atoms with E-state index in [9.17, 15) is 26.4 Å². The van der Waals surface area contributed by atoms with E-state index in [1.807, 2.05) is 13.8 Å². The minimum Gasteiger partial charge on any atom is -0.480 e. The molecular formula is C55H62BBrClN14O8S2. The van der Waals surface area contributed by atoms with Crippen LogP contribution in [-0.2, 0) is 43.8 Å². The number of aromatic nitrogens is 12. The minimum atomic E-state index is -3.28. The van der Waals surface area contributed by atoms with E-state index in [0.29, 0.717) is 70.4 Å². The van der Waals surface area contributed by atoms with Gasteiger partial charge in [0.05, 0.1) is 59.3 Å². The molecule has 0 bridgehead atoms. The molecule has 0 spiro atoms. The van der Waals surface area contributed by atoms with Gasteiger partial charge in [-0.25, -0.2) is 61.7 Å². The summed E-state index contributed by atoms with van der Waals surface area (Å²) in [6.45, 7) is 7.89. The molecule has 82 heavy (non-hydrogen) atoms. The van der Waals surface area contributed by atoms with Crippen LogP contribution < -0.4 is 31.2 Å². The molecule has 3 radical (unpaired) electrons. The summed E-state index contributed by atoms with van der Waals surface area (Å²) in [6.07, 6.45) is 14.2. The SMILES string of the molecule is C.CCS(=O)(=O)c1ccc(CNc2nc3cnc(-c4c(OC)ncnc4C4CC4)nc3n(C3(C)CC3)c2=O)cc1.CCS(=O)(=O)c1ccc(CNc2nc3cnc(Cl)nc3n(C3(C)CC3)c2=O)cc1.COc1ncnc(C2CC2)c1Br.[B]. The van der Waals surface area contributed by atoms with Gasteiger partial charge in [-0.2, -0.15) is 4.98 Å². The molecule has 0 amide bonds. The largest absolute Gasteiger partial charge is 0.480 e. The van der Waals surface area contributed by atoms with Crippen LogP contribution in [0.3, 0.4) is 0 Å². The molecule has 0 saturated heterocycles. The van der Waals surface area contributed by atoms with Crippen molar-refractivity contribution in [2.75, 3.05) is 36.4 Å². The average molecular weight is 1240 g/mol. The van der Waals surface area contributed by atoms with Crippen molar-refractivity contribution in [1.82, 2.24) is 59.0 Å². The predicted molar refractivity (Wildman–Crippen MR) is 317 cm³/mol. The number of sulfone groups is 2. The first kappa shape index (κ1) is 61.1. The van der Waals surface area contributed by atoms with E-state index >= 15 is 0 Å². The summed E-state index contributed by atoms with van der Waals surface area (Å²) < 4.78 is 62.9. The van der Waals surface area contributed by atoms with Crippen LogP contribution in [0.1, 0.15) is 121 Å². The number of ether oxygens (including phenoxy) is 2. The number of halogens is 2. The van der Waals surface area contributed by atoms with Crippen molar-refractivity contribution in [2.24, 2.45) is 0 Å². The Morgan fingerprint density at radius 3 is 1.49 bits per heavy atom. The Bertz CT molecular complexity index is 4030. The maximum absolute atomic E-state index is 13.7. The number of fused-ring (bicyclic) bond motifs is 2. The first-order valence-corrected chi connectivity index (χ1v) is 30.6. The second kappa shape index (κ2) is 24.4. The summed E-state index contributed by atoms with van der Waals surface area (Å²) in [4.78, 5) is 70.9. The Morgan fingerprint density at radius 2 is 1.05 bits per heavy atom. The van der Waals surface area contributed by atoms with Crippen LogP contribution in [0.25, 0.3) is 33.7 Å². The Balaban J connectivity index is 0.000000179. The first-order valence-electron chi connectivity index (χ1n) is 26.1. The smallest absolute Gasteiger partial charge is 0.295 e. The lowest BCUT2D eigenvalue weighted by atomic mass is 10.1. The zero-order valence-electron chi connectivity index (χ0n) is 45.4. The zero-order chi connectivity index (χ0) is 56.7. The molecule has 0 atom stereocenters. The van der Waals surface area contributed by atoms with Gasteiger partial charge in [-0.3, -0.25) is 18.7 Å². The van der Waals surface area contributed by atoms with Crippen LogP contribution in [0.15, 0.2) is 97.4 Å². The van der Waals surface area contributed by atoms with Gasteiger partial charge in [-0.15, -0.1) is 0 Å².